The van der Waals surface area contributed by atoms with E-state index in [0.29, 0.717) is 17.1 Å². The molecule has 0 spiro atoms. The molecule has 17 heteroatoms. The van der Waals surface area contributed by atoms with Gasteiger partial charge >= 0.3 is 17.8 Å². The third-order valence-corrected chi connectivity index (χ3v) is 6.28. The lowest BCUT2D eigenvalue weighted by molar-refractivity contribution is -0.192. The standard InChI is InChI=1S/C27H28FN7O4.C2HF3O2/c1-34(2)23(36)15-39-21-14-18(38-3)13-19(24(21)28)20(12-16-7-9-17(10-8-16)25(29)30)26-32-27(37)35(33-26)22-6-4-5-11-31-22;3-2(4,5)1(6)7/h4-11,13-14,20H,12,15H2,1-3H3,(H3,29,30)(H,32,33,37);(H,6,7). The first-order valence-electron chi connectivity index (χ1n) is 13.2. The smallest absolute Gasteiger partial charge is 0.490 e. The molecule has 0 fully saturated rings. The van der Waals surface area contributed by atoms with Crippen molar-refractivity contribution >= 4 is 17.7 Å². The summed E-state index contributed by atoms with van der Waals surface area (Å²) in [5.74, 6) is -4.11. The quantitative estimate of drug-likeness (QED) is 0.114. The minimum atomic E-state index is -5.08. The van der Waals surface area contributed by atoms with Gasteiger partial charge in [-0.2, -0.15) is 17.9 Å². The molecule has 0 bridgehead atoms. The van der Waals surface area contributed by atoms with Crippen LogP contribution in [-0.4, -0.2) is 81.5 Å². The highest BCUT2D eigenvalue weighted by atomic mass is 19.4. The van der Waals surface area contributed by atoms with E-state index in [1.807, 2.05) is 0 Å². The number of alkyl halides is 3. The van der Waals surface area contributed by atoms with E-state index in [-0.39, 0.29) is 41.9 Å². The fourth-order valence-corrected chi connectivity index (χ4v) is 3.88. The van der Waals surface area contributed by atoms with Gasteiger partial charge in [-0.1, -0.05) is 30.3 Å². The molecule has 46 heavy (non-hydrogen) atoms. The number of rotatable bonds is 10. The maximum atomic E-state index is 16.0. The Morgan fingerprint density at radius 3 is 2.33 bits per heavy atom. The minimum Gasteiger partial charge on any atom is -0.497 e. The topological polar surface area (TPSA) is 190 Å². The van der Waals surface area contributed by atoms with Gasteiger partial charge in [0.1, 0.15) is 17.4 Å². The van der Waals surface area contributed by atoms with Gasteiger partial charge in [0.2, 0.25) is 0 Å². The van der Waals surface area contributed by atoms with Crippen molar-refractivity contribution in [1.29, 1.82) is 5.41 Å². The Morgan fingerprint density at radius 1 is 1.15 bits per heavy atom. The number of amidine groups is 1. The van der Waals surface area contributed by atoms with Gasteiger partial charge in [0.15, 0.2) is 24.0 Å². The van der Waals surface area contributed by atoms with Crippen molar-refractivity contribution in [2.75, 3.05) is 27.8 Å². The zero-order valence-corrected chi connectivity index (χ0v) is 24.6. The van der Waals surface area contributed by atoms with Gasteiger partial charge in [-0.05, 0) is 30.2 Å². The maximum Gasteiger partial charge on any atom is 0.490 e. The second kappa shape index (κ2) is 14.8. The minimum absolute atomic E-state index is 0.0792. The number of aliphatic carboxylic acids is 1. The van der Waals surface area contributed by atoms with E-state index < -0.39 is 29.6 Å². The first-order valence-corrected chi connectivity index (χ1v) is 13.2. The monoisotopic (exact) mass is 647 g/mol. The molecule has 13 nitrogen and oxygen atoms in total. The third-order valence-electron chi connectivity index (χ3n) is 6.28. The number of nitrogen functional groups attached to an aromatic ring is 1. The van der Waals surface area contributed by atoms with Gasteiger partial charge in [0.25, 0.3) is 5.91 Å². The molecule has 2 heterocycles. The van der Waals surface area contributed by atoms with Crippen LogP contribution in [0.3, 0.4) is 0 Å². The number of ether oxygens (including phenoxy) is 2. The number of amides is 1. The number of aromatic amines is 1. The molecule has 0 aliphatic rings. The number of halogens is 4. The van der Waals surface area contributed by atoms with E-state index in [0.717, 1.165) is 10.2 Å². The number of likely N-dealkylation sites (N-methyl/N-ethyl adjacent to an activating group) is 1. The molecule has 0 radical (unpaired) electrons. The van der Waals surface area contributed by atoms with Crippen LogP contribution in [0.15, 0.2) is 65.6 Å². The molecule has 244 valence electrons. The van der Waals surface area contributed by atoms with Crippen LogP contribution in [0.25, 0.3) is 5.82 Å². The molecule has 0 aliphatic carbocycles. The van der Waals surface area contributed by atoms with Gasteiger partial charge in [-0.25, -0.2) is 19.0 Å². The lowest BCUT2D eigenvalue weighted by atomic mass is 9.90. The molecular formula is C29H29F4N7O6. The fourth-order valence-electron chi connectivity index (χ4n) is 3.88. The predicted molar refractivity (Wildman–Crippen MR) is 156 cm³/mol. The number of aromatic nitrogens is 4. The van der Waals surface area contributed by atoms with Crippen LogP contribution in [-0.2, 0) is 16.0 Å². The van der Waals surface area contributed by atoms with Crippen LogP contribution >= 0.6 is 0 Å². The number of pyridine rings is 1. The van der Waals surface area contributed by atoms with Gasteiger partial charge in [0.05, 0.1) is 13.0 Å². The molecule has 0 saturated carbocycles. The van der Waals surface area contributed by atoms with Crippen molar-refractivity contribution in [1.82, 2.24) is 24.6 Å². The lowest BCUT2D eigenvalue weighted by Gasteiger charge is -2.19. The summed E-state index contributed by atoms with van der Waals surface area (Å²) in [6, 6.07) is 14.8. The van der Waals surface area contributed by atoms with E-state index in [2.05, 4.69) is 15.1 Å². The first kappa shape index (κ1) is 34.7. The van der Waals surface area contributed by atoms with Crippen LogP contribution in [0.5, 0.6) is 11.5 Å². The largest absolute Gasteiger partial charge is 0.497 e. The number of methoxy groups -OCH3 is 1. The summed E-state index contributed by atoms with van der Waals surface area (Å²) in [6.45, 7) is -0.376. The molecule has 5 N–H and O–H groups in total. The molecule has 0 aliphatic heterocycles. The number of benzene rings is 2. The molecular weight excluding hydrogens is 618 g/mol. The normalized spacial score (nSPS) is 11.5. The zero-order valence-electron chi connectivity index (χ0n) is 24.6. The van der Waals surface area contributed by atoms with Crippen LogP contribution in [0.2, 0.25) is 0 Å². The summed E-state index contributed by atoms with van der Waals surface area (Å²) < 4.78 is 59.8. The number of carboxylic acid groups (broad SMARTS) is 1. The van der Waals surface area contributed by atoms with Crippen molar-refractivity contribution in [2.24, 2.45) is 5.73 Å². The Kier molecular flexibility index (Phi) is 11.2. The van der Waals surface area contributed by atoms with E-state index in [1.54, 1.807) is 56.6 Å². The number of hydrogen-bond acceptors (Lipinski definition) is 8. The van der Waals surface area contributed by atoms with Gasteiger partial charge in [-0.3, -0.25) is 15.2 Å². The average Bonchev–Trinajstić information content (AvgIpc) is 3.40. The molecule has 1 amide bonds. The predicted octanol–water partition coefficient (Wildman–Crippen LogP) is 2.86. The molecule has 1 unspecified atom stereocenters. The number of nitrogens with one attached hydrogen (secondary N) is 2. The first-order chi connectivity index (χ1) is 21.6. The van der Waals surface area contributed by atoms with Crippen LogP contribution in [0, 0.1) is 11.2 Å². The van der Waals surface area contributed by atoms with Crippen molar-refractivity contribution in [2.45, 2.75) is 18.5 Å². The highest BCUT2D eigenvalue weighted by Gasteiger charge is 2.38. The summed E-state index contributed by atoms with van der Waals surface area (Å²) in [5, 5.41) is 19.2. The molecule has 4 rings (SSSR count). The maximum absolute atomic E-state index is 16.0. The Bertz CT molecular complexity index is 1740. The van der Waals surface area contributed by atoms with Crippen LogP contribution in [0.4, 0.5) is 17.6 Å². The van der Waals surface area contributed by atoms with Gasteiger partial charge in [-0.15, -0.1) is 5.10 Å². The molecule has 4 aromatic rings. The van der Waals surface area contributed by atoms with Crippen LogP contribution in [0.1, 0.15) is 28.4 Å². The Morgan fingerprint density at radius 2 is 1.80 bits per heavy atom. The zero-order chi connectivity index (χ0) is 34.2. The van der Waals surface area contributed by atoms with Crippen molar-refractivity contribution in [3.8, 4) is 17.3 Å². The van der Waals surface area contributed by atoms with Gasteiger partial charge in [0, 0.05) is 37.5 Å². The highest BCUT2D eigenvalue weighted by Crippen LogP contribution is 2.36. The second-order valence-corrected chi connectivity index (χ2v) is 9.69. The Balaban J connectivity index is 0.000000738. The summed E-state index contributed by atoms with van der Waals surface area (Å²) in [5.41, 5.74) is 6.48. The number of nitrogens with zero attached hydrogens (tertiary/aromatic N) is 4. The van der Waals surface area contributed by atoms with Crippen molar-refractivity contribution in [3.05, 3.63) is 99.6 Å². The van der Waals surface area contributed by atoms with Gasteiger partial charge < -0.3 is 25.2 Å². The van der Waals surface area contributed by atoms with Crippen molar-refractivity contribution < 1.29 is 41.7 Å². The molecule has 2 aromatic carbocycles. The fraction of sp³-hybridized carbons (Fsp3) is 0.241. The SMILES string of the molecule is COc1cc(OCC(=O)N(C)C)c(F)c(C(Cc2ccc(C(=N)N)cc2)c2nn(-c3ccccn3)c(=O)[nH]2)c1.O=C(O)C(F)(F)F. The molecule has 0 saturated heterocycles. The Labute approximate surface area is 258 Å². The number of nitrogens with two attached hydrogens (primary N) is 1. The number of carbonyl (C=O) groups is 2. The summed E-state index contributed by atoms with van der Waals surface area (Å²) >= 11 is 0. The average molecular weight is 648 g/mol. The number of carboxylic acids is 1. The van der Waals surface area contributed by atoms with E-state index in [4.69, 9.17) is 30.5 Å². The van der Waals surface area contributed by atoms with Crippen LogP contribution < -0.4 is 20.9 Å². The number of H-pyrrole nitrogens is 1. The number of hydrogen-bond donors (Lipinski definition) is 4. The summed E-state index contributed by atoms with van der Waals surface area (Å²) in [6.07, 6.45) is -3.34. The third kappa shape index (κ3) is 8.90. The van der Waals surface area contributed by atoms with E-state index in [1.165, 1.54) is 30.3 Å². The second-order valence-electron chi connectivity index (χ2n) is 9.69. The molecule has 2 aromatic heterocycles. The van der Waals surface area contributed by atoms with E-state index >= 15 is 4.39 Å². The highest BCUT2D eigenvalue weighted by molar-refractivity contribution is 5.94. The van der Waals surface area contributed by atoms with Crippen molar-refractivity contribution in [3.63, 3.8) is 0 Å². The molecule has 1 atom stereocenters. The Hall–Kier alpha value is -5.74. The summed E-state index contributed by atoms with van der Waals surface area (Å²) in [7, 11) is 4.57. The lowest BCUT2D eigenvalue weighted by Crippen LogP contribution is -2.27. The number of carbonyl (C=O) groups excluding carboxylic acids is 1. The van der Waals surface area contributed by atoms with E-state index in [9.17, 15) is 22.8 Å². The summed E-state index contributed by atoms with van der Waals surface area (Å²) in [4.78, 5) is 42.1.